The van der Waals surface area contributed by atoms with Crippen molar-refractivity contribution in [1.29, 1.82) is 5.26 Å². The molecular formula is C23H27N7O. The van der Waals surface area contributed by atoms with Gasteiger partial charge < -0.3 is 20.4 Å². The van der Waals surface area contributed by atoms with Crippen LogP contribution in [-0.2, 0) is 13.1 Å². The Hall–Kier alpha value is -3.49. The van der Waals surface area contributed by atoms with E-state index in [0.29, 0.717) is 43.4 Å². The summed E-state index contributed by atoms with van der Waals surface area (Å²) in [6.45, 7) is 4.52. The van der Waals surface area contributed by atoms with Crippen LogP contribution in [0.1, 0.15) is 41.4 Å². The van der Waals surface area contributed by atoms with Crippen molar-refractivity contribution in [3.05, 3.63) is 41.1 Å². The number of benzene rings is 1. The molecule has 8 heteroatoms. The van der Waals surface area contributed by atoms with Crippen molar-refractivity contribution in [2.45, 2.75) is 38.9 Å². The number of imidazole rings is 1. The van der Waals surface area contributed by atoms with Gasteiger partial charge in [0.05, 0.1) is 24.8 Å². The molecule has 1 aromatic carbocycles. The highest BCUT2D eigenvalue weighted by Gasteiger charge is 2.36. The third kappa shape index (κ3) is 3.95. The smallest absolute Gasteiger partial charge is 0.276 e. The molecule has 4 rings (SSSR count). The molecule has 1 atom stereocenters. The van der Waals surface area contributed by atoms with Gasteiger partial charge in [-0.15, -0.1) is 5.92 Å². The molecule has 2 N–H and O–H groups in total. The Bertz CT molecular complexity index is 1090. The van der Waals surface area contributed by atoms with Crippen molar-refractivity contribution < 1.29 is 4.79 Å². The SMILES string of the molecule is CC#CCn1c(N2CCC[C@@H](N)C2)nc2c1C(=O)N(Cc1ccccc1C#N)CN2C. The molecule has 2 aliphatic rings. The fourth-order valence-corrected chi connectivity index (χ4v) is 4.28. The lowest BCUT2D eigenvalue weighted by Crippen LogP contribution is -2.45. The molecule has 0 saturated carbocycles. The molecule has 8 nitrogen and oxygen atoms in total. The molecule has 1 saturated heterocycles. The number of hydrogen-bond donors (Lipinski definition) is 1. The van der Waals surface area contributed by atoms with Crippen LogP contribution in [0.3, 0.4) is 0 Å². The van der Waals surface area contributed by atoms with Crippen LogP contribution in [0, 0.1) is 23.2 Å². The molecule has 1 aromatic heterocycles. The van der Waals surface area contributed by atoms with Gasteiger partial charge in [0.1, 0.15) is 0 Å². The summed E-state index contributed by atoms with van der Waals surface area (Å²) in [4.78, 5) is 24.3. The van der Waals surface area contributed by atoms with Crippen molar-refractivity contribution in [3.63, 3.8) is 0 Å². The Balaban J connectivity index is 1.72. The first-order valence-electron chi connectivity index (χ1n) is 10.5. The highest BCUT2D eigenvalue weighted by molar-refractivity contribution is 6.00. The molecule has 0 aliphatic carbocycles. The van der Waals surface area contributed by atoms with E-state index in [2.05, 4.69) is 22.8 Å². The normalized spacial score (nSPS) is 18.3. The summed E-state index contributed by atoms with van der Waals surface area (Å²) >= 11 is 0. The number of nitrogens with two attached hydrogens (primary N) is 1. The third-order valence-corrected chi connectivity index (χ3v) is 5.82. The Kier molecular flexibility index (Phi) is 5.83. The summed E-state index contributed by atoms with van der Waals surface area (Å²) in [6, 6.07) is 9.70. The molecule has 0 unspecified atom stereocenters. The molecule has 160 valence electrons. The fourth-order valence-electron chi connectivity index (χ4n) is 4.28. The highest BCUT2D eigenvalue weighted by atomic mass is 16.2. The number of carbonyl (C=O) groups excluding carboxylic acids is 1. The van der Waals surface area contributed by atoms with E-state index >= 15 is 0 Å². The van der Waals surface area contributed by atoms with Crippen LogP contribution in [0.4, 0.5) is 11.8 Å². The van der Waals surface area contributed by atoms with Crippen LogP contribution in [0.25, 0.3) is 0 Å². The third-order valence-electron chi connectivity index (χ3n) is 5.82. The molecule has 2 aliphatic heterocycles. The summed E-state index contributed by atoms with van der Waals surface area (Å²) in [7, 11) is 1.93. The average Bonchev–Trinajstić information content (AvgIpc) is 3.16. The second-order valence-electron chi connectivity index (χ2n) is 8.06. The van der Waals surface area contributed by atoms with Gasteiger partial charge in [-0.05, 0) is 31.4 Å². The first-order chi connectivity index (χ1) is 15.0. The number of fused-ring (bicyclic) bond motifs is 1. The van der Waals surface area contributed by atoms with Crippen molar-refractivity contribution in [2.75, 3.05) is 36.6 Å². The number of hydrogen-bond acceptors (Lipinski definition) is 6. The number of piperidine rings is 1. The minimum absolute atomic E-state index is 0.0978. The van der Waals surface area contributed by atoms with E-state index in [1.807, 2.05) is 34.7 Å². The van der Waals surface area contributed by atoms with Crippen LogP contribution in [-0.4, -0.2) is 53.2 Å². The molecule has 2 aromatic rings. The zero-order valence-electron chi connectivity index (χ0n) is 18.0. The van der Waals surface area contributed by atoms with Gasteiger partial charge in [-0.1, -0.05) is 24.1 Å². The summed E-state index contributed by atoms with van der Waals surface area (Å²) in [6.07, 6.45) is 2.00. The van der Waals surface area contributed by atoms with Gasteiger partial charge in [0.15, 0.2) is 11.5 Å². The maximum absolute atomic E-state index is 13.6. The molecular weight excluding hydrogens is 390 g/mol. The van der Waals surface area contributed by atoms with Crippen LogP contribution in [0.5, 0.6) is 0 Å². The van der Waals surface area contributed by atoms with Crippen molar-refractivity contribution in [3.8, 4) is 17.9 Å². The van der Waals surface area contributed by atoms with Gasteiger partial charge in [-0.2, -0.15) is 10.2 Å². The topological polar surface area (TPSA) is 94.4 Å². The number of anilines is 2. The van der Waals surface area contributed by atoms with Gasteiger partial charge in [0.25, 0.3) is 5.91 Å². The monoisotopic (exact) mass is 417 g/mol. The number of aromatic nitrogens is 2. The Morgan fingerprint density at radius 2 is 2.13 bits per heavy atom. The molecule has 0 spiro atoms. The summed E-state index contributed by atoms with van der Waals surface area (Å²) in [5.41, 5.74) is 8.16. The Morgan fingerprint density at radius 3 is 2.87 bits per heavy atom. The average molecular weight is 418 g/mol. The van der Waals surface area contributed by atoms with E-state index < -0.39 is 0 Å². The second kappa shape index (κ2) is 8.71. The molecule has 1 amide bonds. The van der Waals surface area contributed by atoms with Crippen molar-refractivity contribution >= 4 is 17.7 Å². The lowest BCUT2D eigenvalue weighted by atomic mass is 10.1. The largest absolute Gasteiger partial charge is 0.341 e. The van der Waals surface area contributed by atoms with E-state index in [1.165, 1.54) is 0 Å². The highest BCUT2D eigenvalue weighted by Crippen LogP contribution is 2.32. The first kappa shape index (κ1) is 20.8. The zero-order valence-corrected chi connectivity index (χ0v) is 18.0. The van der Waals surface area contributed by atoms with Gasteiger partial charge in [0, 0.05) is 32.7 Å². The number of nitrogens with zero attached hydrogens (tertiary/aromatic N) is 6. The first-order valence-corrected chi connectivity index (χ1v) is 10.5. The van der Waals surface area contributed by atoms with E-state index in [0.717, 1.165) is 30.9 Å². The summed E-state index contributed by atoms with van der Waals surface area (Å²) in [5.74, 6) is 7.34. The van der Waals surface area contributed by atoms with Gasteiger partial charge in [-0.3, -0.25) is 9.36 Å². The lowest BCUT2D eigenvalue weighted by Gasteiger charge is -2.34. The number of amides is 1. The predicted molar refractivity (Wildman–Crippen MR) is 119 cm³/mol. The minimum Gasteiger partial charge on any atom is -0.341 e. The minimum atomic E-state index is -0.0983. The van der Waals surface area contributed by atoms with Crippen molar-refractivity contribution in [2.24, 2.45) is 5.73 Å². The van der Waals surface area contributed by atoms with Crippen LogP contribution in [0.15, 0.2) is 24.3 Å². The van der Waals surface area contributed by atoms with Crippen molar-refractivity contribution in [1.82, 2.24) is 14.5 Å². The maximum atomic E-state index is 13.6. The van der Waals surface area contributed by atoms with E-state index in [1.54, 1.807) is 17.9 Å². The zero-order chi connectivity index (χ0) is 22.0. The maximum Gasteiger partial charge on any atom is 0.276 e. The van der Waals surface area contributed by atoms with E-state index in [4.69, 9.17) is 10.7 Å². The quantitative estimate of drug-likeness (QED) is 0.762. The van der Waals surface area contributed by atoms with Crippen LogP contribution < -0.4 is 15.5 Å². The predicted octanol–water partition coefficient (Wildman–Crippen LogP) is 1.76. The number of carbonyl (C=O) groups is 1. The molecule has 31 heavy (non-hydrogen) atoms. The van der Waals surface area contributed by atoms with E-state index in [9.17, 15) is 10.1 Å². The van der Waals surface area contributed by atoms with Crippen LogP contribution in [0.2, 0.25) is 0 Å². The molecule has 3 heterocycles. The lowest BCUT2D eigenvalue weighted by molar-refractivity contribution is 0.0720. The molecule has 0 radical (unpaired) electrons. The standard InChI is InChI=1S/C23H27N7O/c1-3-4-12-30-20-21(26-23(30)28-11-7-10-19(25)15-28)27(2)16-29(22(20)31)14-18-9-6-5-8-17(18)13-24/h5-6,8-9,19H,7,10-12,14-16,25H2,1-2H3/t19-/m1/s1. The van der Waals surface area contributed by atoms with Gasteiger partial charge >= 0.3 is 0 Å². The van der Waals surface area contributed by atoms with Crippen LogP contribution >= 0.6 is 0 Å². The Morgan fingerprint density at radius 1 is 1.32 bits per heavy atom. The number of nitriles is 1. The molecule has 1 fully saturated rings. The Labute approximate surface area is 182 Å². The summed E-state index contributed by atoms with van der Waals surface area (Å²) in [5, 5.41) is 9.42. The van der Waals surface area contributed by atoms with Gasteiger partial charge in [0.2, 0.25) is 5.95 Å². The second-order valence-corrected chi connectivity index (χ2v) is 8.06. The van der Waals surface area contributed by atoms with E-state index in [-0.39, 0.29) is 11.9 Å². The fraction of sp³-hybridized carbons (Fsp3) is 0.435. The summed E-state index contributed by atoms with van der Waals surface area (Å²) < 4.78 is 1.92. The molecule has 0 bridgehead atoms. The number of rotatable bonds is 4. The van der Waals surface area contributed by atoms with Gasteiger partial charge in [-0.25, -0.2) is 0 Å².